The van der Waals surface area contributed by atoms with Crippen molar-refractivity contribution in [3.05, 3.63) is 28.7 Å². The van der Waals surface area contributed by atoms with Gasteiger partial charge in [0.05, 0.1) is 11.5 Å². The van der Waals surface area contributed by atoms with Crippen LogP contribution in [0.5, 0.6) is 5.75 Å². The number of ether oxygens (including phenoxy) is 1. The number of nitrogens with one attached hydrogen (secondary N) is 1. The van der Waals surface area contributed by atoms with E-state index in [-0.39, 0.29) is 30.1 Å². The number of carbonyl (C=O) groups is 1. The highest BCUT2D eigenvalue weighted by molar-refractivity contribution is 9.10. The van der Waals surface area contributed by atoms with Crippen LogP contribution in [0, 0.1) is 0 Å². The third kappa shape index (κ3) is 4.50. The van der Waals surface area contributed by atoms with E-state index in [1.54, 1.807) is 12.1 Å². The fourth-order valence-corrected chi connectivity index (χ4v) is 3.80. The molecule has 1 N–H and O–H groups in total. The van der Waals surface area contributed by atoms with Gasteiger partial charge in [0, 0.05) is 10.5 Å². The van der Waals surface area contributed by atoms with Crippen LogP contribution in [-0.2, 0) is 14.6 Å². The zero-order valence-electron chi connectivity index (χ0n) is 10.1. The van der Waals surface area contributed by atoms with Gasteiger partial charge in [0.2, 0.25) is 0 Å². The summed E-state index contributed by atoms with van der Waals surface area (Å²) in [7, 11) is -2.97. The van der Waals surface area contributed by atoms with Gasteiger partial charge in [-0.2, -0.15) is 0 Å². The quantitative estimate of drug-likeness (QED) is 0.886. The maximum absolute atomic E-state index is 11.6. The van der Waals surface area contributed by atoms with Gasteiger partial charge in [0.15, 0.2) is 16.4 Å². The van der Waals surface area contributed by atoms with E-state index in [1.807, 2.05) is 12.1 Å². The van der Waals surface area contributed by atoms with Crippen LogP contribution in [0.3, 0.4) is 0 Å². The summed E-state index contributed by atoms with van der Waals surface area (Å²) in [6, 6.07) is 6.84. The minimum atomic E-state index is -2.97. The summed E-state index contributed by atoms with van der Waals surface area (Å²) in [5, 5.41) is 2.66. The van der Waals surface area contributed by atoms with Gasteiger partial charge in [-0.05, 0) is 30.7 Å². The largest absolute Gasteiger partial charge is 0.484 e. The molecule has 1 aliphatic rings. The Morgan fingerprint density at radius 2 is 2.05 bits per heavy atom. The number of sulfone groups is 1. The van der Waals surface area contributed by atoms with Crippen LogP contribution in [0.15, 0.2) is 28.7 Å². The number of rotatable bonds is 4. The van der Waals surface area contributed by atoms with Crippen LogP contribution in [0.2, 0.25) is 0 Å². The lowest BCUT2D eigenvalue weighted by molar-refractivity contribution is -0.123. The summed E-state index contributed by atoms with van der Waals surface area (Å²) in [6.07, 6.45) is 0.479. The molecule has 0 bridgehead atoms. The van der Waals surface area contributed by atoms with E-state index in [0.29, 0.717) is 12.2 Å². The first-order valence-electron chi connectivity index (χ1n) is 5.83. The fraction of sp³-hybridized carbons (Fsp3) is 0.417. The Balaban J connectivity index is 1.77. The van der Waals surface area contributed by atoms with Gasteiger partial charge in [-0.25, -0.2) is 8.42 Å². The normalized spacial score (nSPS) is 21.0. The summed E-state index contributed by atoms with van der Waals surface area (Å²) in [6.45, 7) is -0.113. The molecule has 5 nitrogen and oxygen atoms in total. The first-order valence-corrected chi connectivity index (χ1v) is 8.44. The molecule has 1 aliphatic heterocycles. The third-order valence-corrected chi connectivity index (χ3v) is 5.08. The number of hydrogen-bond acceptors (Lipinski definition) is 4. The molecule has 1 amide bonds. The molecule has 19 heavy (non-hydrogen) atoms. The number of carbonyl (C=O) groups excluding carboxylic acids is 1. The monoisotopic (exact) mass is 347 g/mol. The van der Waals surface area contributed by atoms with E-state index in [9.17, 15) is 13.2 Å². The molecule has 7 heteroatoms. The molecule has 1 saturated heterocycles. The fourth-order valence-electron chi connectivity index (χ4n) is 1.86. The van der Waals surface area contributed by atoms with Crippen LogP contribution in [0.1, 0.15) is 6.42 Å². The zero-order valence-corrected chi connectivity index (χ0v) is 12.5. The Morgan fingerprint density at radius 3 is 2.63 bits per heavy atom. The summed E-state index contributed by atoms with van der Waals surface area (Å²) < 4.78 is 28.7. The lowest BCUT2D eigenvalue weighted by Gasteiger charge is -2.11. The van der Waals surface area contributed by atoms with Crippen molar-refractivity contribution in [3.63, 3.8) is 0 Å². The summed E-state index contributed by atoms with van der Waals surface area (Å²) >= 11 is 3.30. The third-order valence-electron chi connectivity index (χ3n) is 2.78. The standard InChI is InChI=1S/C12H14BrNO4S/c13-9-1-3-11(4-2-9)18-7-12(15)14-10-5-6-19(16,17)8-10/h1-4,10H,5-8H2,(H,14,15). The molecule has 2 rings (SSSR count). The number of hydrogen-bond donors (Lipinski definition) is 1. The van der Waals surface area contributed by atoms with Crippen molar-refractivity contribution in [3.8, 4) is 5.75 Å². The van der Waals surface area contributed by atoms with E-state index in [1.165, 1.54) is 0 Å². The summed E-state index contributed by atoms with van der Waals surface area (Å²) in [4.78, 5) is 11.6. The second-order valence-corrected chi connectivity index (χ2v) is 7.55. The molecule has 1 unspecified atom stereocenters. The van der Waals surface area contributed by atoms with Crippen LogP contribution in [-0.4, -0.2) is 38.5 Å². The van der Waals surface area contributed by atoms with Gasteiger partial charge in [-0.3, -0.25) is 4.79 Å². The van der Waals surface area contributed by atoms with E-state index in [0.717, 1.165) is 4.47 Å². The Kier molecular flexibility index (Phi) is 4.46. The predicted octanol–water partition coefficient (Wildman–Crippen LogP) is 1.13. The molecule has 1 aromatic rings. The lowest BCUT2D eigenvalue weighted by Crippen LogP contribution is -2.38. The van der Waals surface area contributed by atoms with Crippen molar-refractivity contribution >= 4 is 31.7 Å². The Hall–Kier alpha value is -1.08. The van der Waals surface area contributed by atoms with Crippen molar-refractivity contribution in [2.24, 2.45) is 0 Å². The predicted molar refractivity (Wildman–Crippen MR) is 74.8 cm³/mol. The molecular weight excluding hydrogens is 334 g/mol. The average molecular weight is 348 g/mol. The van der Waals surface area contributed by atoms with Crippen LogP contribution < -0.4 is 10.1 Å². The van der Waals surface area contributed by atoms with E-state index >= 15 is 0 Å². The van der Waals surface area contributed by atoms with Gasteiger partial charge >= 0.3 is 0 Å². The van der Waals surface area contributed by atoms with Gasteiger partial charge in [-0.15, -0.1) is 0 Å². The molecule has 104 valence electrons. The second-order valence-electron chi connectivity index (χ2n) is 4.41. The molecule has 1 heterocycles. The van der Waals surface area contributed by atoms with Crippen molar-refractivity contribution in [2.45, 2.75) is 12.5 Å². The Labute approximate surface area is 120 Å². The smallest absolute Gasteiger partial charge is 0.258 e. The molecule has 0 saturated carbocycles. The van der Waals surface area contributed by atoms with Gasteiger partial charge in [0.1, 0.15) is 5.75 Å². The Morgan fingerprint density at radius 1 is 1.37 bits per heavy atom. The zero-order chi connectivity index (χ0) is 13.9. The SMILES string of the molecule is O=C(COc1ccc(Br)cc1)NC1CCS(=O)(=O)C1. The minimum Gasteiger partial charge on any atom is -0.484 e. The van der Waals surface area contributed by atoms with Crippen molar-refractivity contribution in [2.75, 3.05) is 18.1 Å². The van der Waals surface area contributed by atoms with E-state index in [4.69, 9.17) is 4.74 Å². The maximum Gasteiger partial charge on any atom is 0.258 e. The molecule has 0 aliphatic carbocycles. The molecule has 0 aromatic heterocycles. The first kappa shape index (κ1) is 14.3. The van der Waals surface area contributed by atoms with Gasteiger partial charge < -0.3 is 10.1 Å². The Bertz CT molecular complexity index is 556. The number of benzene rings is 1. The van der Waals surface area contributed by atoms with Crippen LogP contribution in [0.25, 0.3) is 0 Å². The molecule has 1 atom stereocenters. The molecule has 1 fully saturated rings. The topological polar surface area (TPSA) is 72.5 Å². The number of halogens is 1. The average Bonchev–Trinajstić information content (AvgIpc) is 2.68. The maximum atomic E-state index is 11.6. The molecule has 1 aromatic carbocycles. The van der Waals surface area contributed by atoms with E-state index < -0.39 is 9.84 Å². The highest BCUT2D eigenvalue weighted by Gasteiger charge is 2.28. The van der Waals surface area contributed by atoms with E-state index in [2.05, 4.69) is 21.2 Å². The second kappa shape index (κ2) is 5.92. The summed E-state index contributed by atoms with van der Waals surface area (Å²) in [5.74, 6) is 0.463. The van der Waals surface area contributed by atoms with Crippen molar-refractivity contribution in [1.29, 1.82) is 0 Å². The first-order chi connectivity index (χ1) is 8.94. The molecule has 0 radical (unpaired) electrons. The lowest BCUT2D eigenvalue weighted by atomic mass is 10.2. The molecular formula is C12H14BrNO4S. The van der Waals surface area contributed by atoms with Crippen LogP contribution in [0.4, 0.5) is 0 Å². The number of amides is 1. The van der Waals surface area contributed by atoms with Crippen LogP contribution >= 0.6 is 15.9 Å². The van der Waals surface area contributed by atoms with Crippen molar-refractivity contribution < 1.29 is 17.9 Å². The highest BCUT2D eigenvalue weighted by atomic mass is 79.9. The molecule has 0 spiro atoms. The van der Waals surface area contributed by atoms with Gasteiger partial charge in [0.25, 0.3) is 5.91 Å². The van der Waals surface area contributed by atoms with Gasteiger partial charge in [-0.1, -0.05) is 15.9 Å². The minimum absolute atomic E-state index is 0.0248. The van der Waals surface area contributed by atoms with Crippen molar-refractivity contribution in [1.82, 2.24) is 5.32 Å². The highest BCUT2D eigenvalue weighted by Crippen LogP contribution is 2.16. The summed E-state index contributed by atoms with van der Waals surface area (Å²) in [5.41, 5.74) is 0.